The van der Waals surface area contributed by atoms with E-state index in [1.54, 1.807) is 30.3 Å². The number of hydrogen-bond acceptors (Lipinski definition) is 3. The van der Waals surface area contributed by atoms with Crippen LogP contribution in [0.15, 0.2) is 41.0 Å². The predicted molar refractivity (Wildman–Crippen MR) is 93.7 cm³/mol. The lowest BCUT2D eigenvalue weighted by Crippen LogP contribution is -2.18. The first kappa shape index (κ1) is 17.7. The van der Waals surface area contributed by atoms with Gasteiger partial charge in [-0.15, -0.1) is 0 Å². The number of carbonyl (C=O) groups excluding carboxylic acids is 1. The molecule has 1 amide bonds. The van der Waals surface area contributed by atoms with Crippen LogP contribution in [0.2, 0.25) is 0 Å². The molecule has 3 N–H and O–H groups in total. The number of halogens is 1. The second-order valence-electron chi connectivity index (χ2n) is 5.50. The number of hydrogen-bond donors (Lipinski definition) is 2. The molecular weight excluding hydrogens is 382 g/mol. The molecule has 0 spiro atoms. The van der Waals surface area contributed by atoms with E-state index in [1.165, 1.54) is 0 Å². The van der Waals surface area contributed by atoms with Crippen LogP contribution in [0.1, 0.15) is 35.9 Å². The first-order valence-corrected chi connectivity index (χ1v) is 9.44. The topological polar surface area (TPSA) is 94.2 Å². The van der Waals surface area contributed by atoms with Crippen molar-refractivity contribution in [3.63, 3.8) is 0 Å². The molecule has 0 aliphatic rings. The van der Waals surface area contributed by atoms with Crippen molar-refractivity contribution in [2.75, 3.05) is 5.32 Å². The molecule has 0 unspecified atom stereocenters. The Balaban J connectivity index is 2.15. The zero-order chi connectivity index (χ0) is 17.2. The van der Waals surface area contributed by atoms with Crippen molar-refractivity contribution in [3.8, 4) is 0 Å². The van der Waals surface area contributed by atoms with Crippen molar-refractivity contribution in [2.45, 2.75) is 25.6 Å². The smallest absolute Gasteiger partial charge is 0.272 e. The number of primary sulfonamides is 1. The van der Waals surface area contributed by atoms with E-state index in [0.717, 1.165) is 4.47 Å². The SMILES string of the molecule is CC(C)n1cc(Br)cc1C(=O)Nc1ccc(CS(N)(=O)=O)cc1. The molecule has 0 aliphatic heterocycles. The molecule has 2 aromatic rings. The monoisotopic (exact) mass is 399 g/mol. The van der Waals surface area contributed by atoms with Gasteiger partial charge in [0.05, 0.1) is 5.75 Å². The van der Waals surface area contributed by atoms with Crippen LogP contribution in [0.4, 0.5) is 5.69 Å². The molecule has 8 heteroatoms. The minimum Gasteiger partial charge on any atom is -0.340 e. The number of anilines is 1. The van der Waals surface area contributed by atoms with Crippen molar-refractivity contribution >= 4 is 37.5 Å². The van der Waals surface area contributed by atoms with E-state index >= 15 is 0 Å². The Morgan fingerprint density at radius 3 is 2.43 bits per heavy atom. The fourth-order valence-corrected chi connectivity index (χ4v) is 3.26. The van der Waals surface area contributed by atoms with Gasteiger partial charge in [-0.2, -0.15) is 0 Å². The van der Waals surface area contributed by atoms with Crippen LogP contribution in [-0.4, -0.2) is 18.9 Å². The summed E-state index contributed by atoms with van der Waals surface area (Å²) < 4.78 is 24.8. The second kappa shape index (κ2) is 6.86. The Kier molecular flexibility index (Phi) is 5.28. The summed E-state index contributed by atoms with van der Waals surface area (Å²) in [6.07, 6.45) is 1.86. The number of aromatic nitrogens is 1. The molecule has 1 aromatic carbocycles. The molecule has 1 aromatic heterocycles. The van der Waals surface area contributed by atoms with E-state index in [0.29, 0.717) is 16.9 Å². The van der Waals surface area contributed by atoms with E-state index in [2.05, 4.69) is 21.2 Å². The van der Waals surface area contributed by atoms with Gasteiger partial charge in [0.15, 0.2) is 0 Å². The van der Waals surface area contributed by atoms with Crippen molar-refractivity contribution in [2.24, 2.45) is 5.14 Å². The number of carbonyl (C=O) groups is 1. The van der Waals surface area contributed by atoms with Gasteiger partial charge in [-0.25, -0.2) is 13.6 Å². The summed E-state index contributed by atoms with van der Waals surface area (Å²) in [6.45, 7) is 3.98. The summed E-state index contributed by atoms with van der Waals surface area (Å²) in [7, 11) is -3.56. The quantitative estimate of drug-likeness (QED) is 0.808. The minimum absolute atomic E-state index is 0.152. The fraction of sp³-hybridized carbons (Fsp3) is 0.267. The number of nitrogens with one attached hydrogen (secondary N) is 1. The molecule has 1 heterocycles. The molecule has 0 bridgehead atoms. The van der Waals surface area contributed by atoms with Gasteiger partial charge in [0.2, 0.25) is 10.0 Å². The zero-order valence-corrected chi connectivity index (χ0v) is 15.2. The highest BCUT2D eigenvalue weighted by Gasteiger charge is 2.15. The van der Waals surface area contributed by atoms with Gasteiger partial charge in [0.25, 0.3) is 5.91 Å². The van der Waals surface area contributed by atoms with Crippen molar-refractivity contribution in [3.05, 3.63) is 52.3 Å². The van der Waals surface area contributed by atoms with Crippen LogP contribution in [0, 0.1) is 0 Å². The summed E-state index contributed by atoms with van der Waals surface area (Å²) in [5, 5.41) is 7.80. The standard InChI is InChI=1S/C15H18BrN3O3S/c1-10(2)19-8-12(16)7-14(19)15(20)18-13-5-3-11(4-6-13)9-23(17,21)22/h3-8,10H,9H2,1-2H3,(H,18,20)(H2,17,21,22). The Bertz CT molecular complexity index is 811. The maximum absolute atomic E-state index is 12.4. The third-order valence-corrected chi connectivity index (χ3v) is 4.35. The van der Waals surface area contributed by atoms with Crippen molar-refractivity contribution in [1.29, 1.82) is 0 Å². The number of amides is 1. The van der Waals surface area contributed by atoms with Crippen LogP contribution < -0.4 is 10.5 Å². The van der Waals surface area contributed by atoms with E-state index in [-0.39, 0.29) is 17.7 Å². The van der Waals surface area contributed by atoms with Crippen LogP contribution in [-0.2, 0) is 15.8 Å². The maximum Gasteiger partial charge on any atom is 0.272 e. The Morgan fingerprint density at radius 1 is 1.30 bits per heavy atom. The fourth-order valence-electron chi connectivity index (χ4n) is 2.17. The molecule has 0 saturated heterocycles. The normalized spacial score (nSPS) is 11.7. The molecular formula is C15H18BrN3O3S. The van der Waals surface area contributed by atoms with E-state index in [4.69, 9.17) is 5.14 Å². The van der Waals surface area contributed by atoms with Gasteiger partial charge in [0, 0.05) is 22.4 Å². The number of sulfonamides is 1. The summed E-state index contributed by atoms with van der Waals surface area (Å²) in [5.74, 6) is -0.465. The Hall–Kier alpha value is -1.64. The average molecular weight is 400 g/mol. The van der Waals surface area contributed by atoms with Gasteiger partial charge in [0.1, 0.15) is 5.69 Å². The highest BCUT2D eigenvalue weighted by Crippen LogP contribution is 2.21. The average Bonchev–Trinajstić information content (AvgIpc) is 2.82. The summed E-state index contributed by atoms with van der Waals surface area (Å²) in [6, 6.07) is 8.45. The van der Waals surface area contributed by atoms with E-state index in [1.807, 2.05) is 24.6 Å². The molecule has 0 radical (unpaired) electrons. The van der Waals surface area contributed by atoms with Gasteiger partial charge in [-0.05, 0) is 53.5 Å². The number of nitrogens with zero attached hydrogens (tertiary/aromatic N) is 1. The Morgan fingerprint density at radius 2 is 1.91 bits per heavy atom. The van der Waals surface area contributed by atoms with Crippen LogP contribution in [0.5, 0.6) is 0 Å². The van der Waals surface area contributed by atoms with Crippen molar-refractivity contribution < 1.29 is 13.2 Å². The third-order valence-electron chi connectivity index (χ3n) is 3.18. The van der Waals surface area contributed by atoms with E-state index in [9.17, 15) is 13.2 Å². The van der Waals surface area contributed by atoms with Crippen LogP contribution in [0.25, 0.3) is 0 Å². The number of benzene rings is 1. The highest BCUT2D eigenvalue weighted by molar-refractivity contribution is 9.10. The van der Waals surface area contributed by atoms with Crippen molar-refractivity contribution in [1.82, 2.24) is 4.57 Å². The van der Waals surface area contributed by atoms with Crippen LogP contribution >= 0.6 is 15.9 Å². The molecule has 0 atom stereocenters. The van der Waals surface area contributed by atoms with Gasteiger partial charge < -0.3 is 9.88 Å². The molecule has 124 valence electrons. The third kappa shape index (κ3) is 4.92. The van der Waals surface area contributed by atoms with E-state index < -0.39 is 10.0 Å². The molecule has 23 heavy (non-hydrogen) atoms. The lowest BCUT2D eigenvalue weighted by atomic mass is 10.2. The van der Waals surface area contributed by atoms with Crippen LogP contribution in [0.3, 0.4) is 0 Å². The lowest BCUT2D eigenvalue weighted by Gasteiger charge is -2.13. The number of nitrogens with two attached hydrogens (primary N) is 1. The van der Waals surface area contributed by atoms with Gasteiger partial charge >= 0.3 is 0 Å². The summed E-state index contributed by atoms with van der Waals surface area (Å²) in [5.41, 5.74) is 1.69. The largest absolute Gasteiger partial charge is 0.340 e. The number of rotatable bonds is 5. The molecule has 0 fully saturated rings. The first-order chi connectivity index (χ1) is 10.7. The molecule has 0 saturated carbocycles. The zero-order valence-electron chi connectivity index (χ0n) is 12.8. The first-order valence-electron chi connectivity index (χ1n) is 6.94. The maximum atomic E-state index is 12.4. The molecule has 0 aliphatic carbocycles. The molecule has 6 nitrogen and oxygen atoms in total. The molecule has 2 rings (SSSR count). The van der Waals surface area contributed by atoms with Gasteiger partial charge in [-0.3, -0.25) is 4.79 Å². The summed E-state index contributed by atoms with van der Waals surface area (Å²) >= 11 is 3.37. The Labute approximate surface area is 143 Å². The van der Waals surface area contributed by atoms with Gasteiger partial charge in [-0.1, -0.05) is 12.1 Å². The lowest BCUT2D eigenvalue weighted by molar-refractivity contribution is 0.101. The summed E-state index contributed by atoms with van der Waals surface area (Å²) in [4.78, 5) is 12.4. The predicted octanol–water partition coefficient (Wildman–Crippen LogP) is 2.87. The second-order valence-corrected chi connectivity index (χ2v) is 8.03. The highest BCUT2D eigenvalue weighted by atomic mass is 79.9. The minimum atomic E-state index is -3.56.